The fraction of sp³-hybridized carbons (Fsp3) is 0.240. The van der Waals surface area contributed by atoms with E-state index < -0.39 is 0 Å². The molecule has 3 aromatic rings. The van der Waals surface area contributed by atoms with Gasteiger partial charge in [0.15, 0.2) is 0 Å². The number of benzene rings is 3. The topological polar surface area (TPSA) is 50.4 Å². The molecular weight excluding hydrogens is 467 g/mol. The zero-order chi connectivity index (χ0) is 21.6. The highest BCUT2D eigenvalue weighted by Gasteiger charge is 2.27. The van der Waals surface area contributed by atoms with E-state index in [1.807, 2.05) is 66.7 Å². The molecule has 2 atom stereocenters. The van der Waals surface area contributed by atoms with Gasteiger partial charge in [-0.05, 0) is 41.0 Å². The van der Waals surface area contributed by atoms with E-state index >= 15 is 0 Å². The lowest BCUT2D eigenvalue weighted by molar-refractivity contribution is 0.0306. The van der Waals surface area contributed by atoms with Gasteiger partial charge in [0.05, 0.1) is 22.8 Å². The van der Waals surface area contributed by atoms with Gasteiger partial charge >= 0.3 is 0 Å². The van der Waals surface area contributed by atoms with E-state index in [9.17, 15) is 4.79 Å². The van der Waals surface area contributed by atoms with Gasteiger partial charge < -0.3 is 15.4 Å². The second-order valence-electron chi connectivity index (χ2n) is 7.59. The average Bonchev–Trinajstić information content (AvgIpc) is 3.05. The molecule has 4 rings (SSSR count). The Balaban J connectivity index is 0.00000289. The zero-order valence-electron chi connectivity index (χ0n) is 17.4. The molecule has 2 N–H and O–H groups in total. The van der Waals surface area contributed by atoms with Crippen molar-refractivity contribution in [1.82, 2.24) is 10.6 Å². The molecule has 168 valence electrons. The molecule has 0 radical (unpaired) electrons. The highest BCUT2D eigenvalue weighted by atomic mass is 35.5. The van der Waals surface area contributed by atoms with Crippen molar-refractivity contribution in [1.29, 1.82) is 0 Å². The molecule has 4 nitrogen and oxygen atoms in total. The Kier molecular flexibility index (Phi) is 8.97. The fourth-order valence-electron chi connectivity index (χ4n) is 3.82. The molecule has 1 fully saturated rings. The predicted octanol–water partition coefficient (Wildman–Crippen LogP) is 5.79. The number of carbonyl (C=O) groups excluding carboxylic acids is 1. The van der Waals surface area contributed by atoms with Gasteiger partial charge in [-0.2, -0.15) is 0 Å². The molecule has 0 aliphatic carbocycles. The zero-order valence-corrected chi connectivity index (χ0v) is 19.7. The lowest BCUT2D eigenvalue weighted by atomic mass is 9.95. The smallest absolute Gasteiger partial charge is 0.251 e. The minimum atomic E-state index is -0.180. The Morgan fingerprint density at radius 2 is 1.75 bits per heavy atom. The Labute approximate surface area is 204 Å². The summed E-state index contributed by atoms with van der Waals surface area (Å²) in [6, 6.07) is 23.3. The van der Waals surface area contributed by atoms with Crippen LogP contribution in [0.4, 0.5) is 0 Å². The van der Waals surface area contributed by atoms with Crippen molar-refractivity contribution < 1.29 is 9.53 Å². The van der Waals surface area contributed by atoms with Crippen LogP contribution in [0.5, 0.6) is 0 Å². The quantitative estimate of drug-likeness (QED) is 0.475. The molecular formula is C25H25Cl3N2O2. The van der Waals surface area contributed by atoms with Crippen molar-refractivity contribution in [3.63, 3.8) is 0 Å². The first-order valence-electron chi connectivity index (χ1n) is 10.3. The van der Waals surface area contributed by atoms with Gasteiger partial charge in [0.25, 0.3) is 5.91 Å². The fourth-order valence-corrected chi connectivity index (χ4v) is 4.13. The van der Waals surface area contributed by atoms with E-state index in [2.05, 4.69) is 10.6 Å². The van der Waals surface area contributed by atoms with E-state index in [1.54, 1.807) is 6.07 Å². The third-order valence-electron chi connectivity index (χ3n) is 5.44. The first-order valence-corrected chi connectivity index (χ1v) is 11.1. The molecule has 1 aliphatic rings. The van der Waals surface area contributed by atoms with Crippen LogP contribution < -0.4 is 10.6 Å². The van der Waals surface area contributed by atoms with Gasteiger partial charge in [0.2, 0.25) is 0 Å². The minimum absolute atomic E-state index is 0. The summed E-state index contributed by atoms with van der Waals surface area (Å²) >= 11 is 12.3. The first-order chi connectivity index (χ1) is 15.1. The first kappa shape index (κ1) is 24.6. The van der Waals surface area contributed by atoms with Gasteiger partial charge in [-0.25, -0.2) is 0 Å². The molecule has 0 aromatic heterocycles. The second-order valence-corrected chi connectivity index (χ2v) is 8.40. The van der Waals surface area contributed by atoms with Crippen LogP contribution in [0.15, 0.2) is 72.8 Å². The van der Waals surface area contributed by atoms with Gasteiger partial charge in [-0.15, -0.1) is 12.4 Å². The highest BCUT2D eigenvalue weighted by Crippen LogP contribution is 2.32. The van der Waals surface area contributed by atoms with Crippen molar-refractivity contribution in [2.45, 2.75) is 6.10 Å². The van der Waals surface area contributed by atoms with Crippen molar-refractivity contribution in [2.24, 2.45) is 5.92 Å². The van der Waals surface area contributed by atoms with Gasteiger partial charge in [0.1, 0.15) is 0 Å². The molecule has 0 saturated carbocycles. The number of hydrogen-bond acceptors (Lipinski definition) is 3. The number of amides is 1. The highest BCUT2D eigenvalue weighted by molar-refractivity contribution is 6.42. The van der Waals surface area contributed by atoms with Gasteiger partial charge in [-0.3, -0.25) is 4.79 Å². The molecule has 3 aromatic carbocycles. The van der Waals surface area contributed by atoms with Crippen LogP contribution in [-0.4, -0.2) is 32.1 Å². The van der Waals surface area contributed by atoms with Crippen LogP contribution in [0.25, 0.3) is 11.1 Å². The standard InChI is InChI=1S/C25H24Cl2N2O2.ClH/c26-22-10-9-19(14-23(22)27)24-21(15-28-11-12-31-24)16-29-25(30)20-8-4-7-18(13-20)17-5-2-1-3-6-17;/h1-10,13-14,21,24,28H,11-12,15-16H2,(H,29,30);1H/t21-,24-;/m0./s1. The molecule has 0 spiro atoms. The number of rotatable bonds is 5. The van der Waals surface area contributed by atoms with Crippen LogP contribution in [0.2, 0.25) is 10.0 Å². The molecule has 0 bridgehead atoms. The molecule has 1 heterocycles. The number of halogens is 3. The monoisotopic (exact) mass is 490 g/mol. The largest absolute Gasteiger partial charge is 0.372 e. The van der Waals surface area contributed by atoms with Crippen molar-refractivity contribution in [2.75, 3.05) is 26.2 Å². The maximum atomic E-state index is 12.9. The SMILES string of the molecule is Cl.O=C(NC[C@@H]1CNCCO[C@H]1c1ccc(Cl)c(Cl)c1)c1cccc(-c2ccccc2)c1. The Morgan fingerprint density at radius 1 is 0.969 bits per heavy atom. The lowest BCUT2D eigenvalue weighted by Crippen LogP contribution is -2.36. The summed E-state index contributed by atoms with van der Waals surface area (Å²) in [7, 11) is 0. The third kappa shape index (κ3) is 6.03. The van der Waals surface area contributed by atoms with Crippen molar-refractivity contribution in [3.05, 3.63) is 94.0 Å². The van der Waals surface area contributed by atoms with E-state index in [1.165, 1.54) is 0 Å². The molecule has 0 unspecified atom stereocenters. The van der Waals surface area contributed by atoms with E-state index in [0.717, 1.165) is 29.8 Å². The summed E-state index contributed by atoms with van der Waals surface area (Å²) in [6.45, 7) is 2.57. The number of carbonyl (C=O) groups is 1. The molecule has 1 saturated heterocycles. The molecule has 7 heteroatoms. The average molecular weight is 492 g/mol. The Morgan fingerprint density at radius 3 is 2.53 bits per heavy atom. The summed E-state index contributed by atoms with van der Waals surface area (Å²) in [5.74, 6) is -0.0454. The second kappa shape index (κ2) is 11.7. The van der Waals surface area contributed by atoms with E-state index in [4.69, 9.17) is 27.9 Å². The predicted molar refractivity (Wildman–Crippen MR) is 133 cm³/mol. The number of hydrogen-bond donors (Lipinski definition) is 2. The van der Waals surface area contributed by atoms with Crippen molar-refractivity contribution >= 4 is 41.5 Å². The summed E-state index contributed by atoms with van der Waals surface area (Å²) in [5.41, 5.74) is 3.69. The normalized spacial score (nSPS) is 18.3. The Hall–Kier alpha value is -2.08. The Bertz CT molecular complexity index is 1050. The van der Waals surface area contributed by atoms with Gasteiger partial charge in [0, 0.05) is 31.1 Å². The third-order valence-corrected chi connectivity index (χ3v) is 6.18. The van der Waals surface area contributed by atoms with Crippen LogP contribution in [0.3, 0.4) is 0 Å². The number of ether oxygens (including phenoxy) is 1. The van der Waals surface area contributed by atoms with Crippen LogP contribution in [0.1, 0.15) is 22.0 Å². The van der Waals surface area contributed by atoms with Crippen LogP contribution in [-0.2, 0) is 4.74 Å². The molecule has 32 heavy (non-hydrogen) atoms. The molecule has 1 amide bonds. The van der Waals surface area contributed by atoms with Crippen molar-refractivity contribution in [3.8, 4) is 11.1 Å². The lowest BCUT2D eigenvalue weighted by Gasteiger charge is -2.25. The maximum absolute atomic E-state index is 12.9. The summed E-state index contributed by atoms with van der Waals surface area (Å²) in [6.07, 6.45) is -0.180. The summed E-state index contributed by atoms with van der Waals surface area (Å²) < 4.78 is 6.10. The van der Waals surface area contributed by atoms with Crippen LogP contribution >= 0.6 is 35.6 Å². The maximum Gasteiger partial charge on any atom is 0.251 e. The minimum Gasteiger partial charge on any atom is -0.372 e. The molecule has 1 aliphatic heterocycles. The summed E-state index contributed by atoms with van der Waals surface area (Å²) in [4.78, 5) is 12.9. The van der Waals surface area contributed by atoms with Gasteiger partial charge in [-0.1, -0.05) is 71.7 Å². The summed E-state index contributed by atoms with van der Waals surface area (Å²) in [5, 5.41) is 7.48. The number of nitrogens with one attached hydrogen (secondary N) is 2. The van der Waals surface area contributed by atoms with E-state index in [-0.39, 0.29) is 30.3 Å². The van der Waals surface area contributed by atoms with E-state index in [0.29, 0.717) is 28.8 Å². The van der Waals surface area contributed by atoms with Crippen LogP contribution in [0, 0.1) is 5.92 Å².